The summed E-state index contributed by atoms with van der Waals surface area (Å²) in [5, 5.41) is 0.715. The SMILES string of the molecule is CCN1C(=O)/C(=C/c2cc(C)n(-c3ccc(OCc4ccc(Cl)cc4)cc3)c2C)SC1=S. The molecule has 1 aliphatic heterocycles. The molecule has 0 spiro atoms. The van der Waals surface area contributed by atoms with Crippen molar-refractivity contribution in [2.24, 2.45) is 0 Å². The van der Waals surface area contributed by atoms with Crippen LogP contribution in [0.1, 0.15) is 29.4 Å². The summed E-state index contributed by atoms with van der Waals surface area (Å²) in [6, 6.07) is 17.7. The van der Waals surface area contributed by atoms with Crippen molar-refractivity contribution in [1.82, 2.24) is 9.47 Å². The van der Waals surface area contributed by atoms with E-state index in [1.807, 2.05) is 61.5 Å². The lowest BCUT2D eigenvalue weighted by molar-refractivity contribution is -0.121. The highest BCUT2D eigenvalue weighted by Gasteiger charge is 2.30. The number of aromatic nitrogens is 1. The smallest absolute Gasteiger partial charge is 0.266 e. The fourth-order valence-electron chi connectivity index (χ4n) is 3.68. The molecule has 164 valence electrons. The average molecular weight is 483 g/mol. The highest BCUT2D eigenvalue weighted by atomic mass is 35.5. The van der Waals surface area contributed by atoms with E-state index in [4.69, 9.17) is 28.6 Å². The third-order valence-corrected chi connectivity index (χ3v) is 6.99. The number of rotatable bonds is 6. The minimum absolute atomic E-state index is 0.0190. The van der Waals surface area contributed by atoms with E-state index in [1.54, 1.807) is 4.90 Å². The second-order valence-corrected chi connectivity index (χ2v) is 9.61. The number of thiocarbonyl (C=S) groups is 1. The molecule has 1 fully saturated rings. The van der Waals surface area contributed by atoms with Gasteiger partial charge in [0.05, 0.1) is 4.91 Å². The van der Waals surface area contributed by atoms with Crippen molar-refractivity contribution in [1.29, 1.82) is 0 Å². The first-order chi connectivity index (χ1) is 15.4. The molecule has 0 aliphatic carbocycles. The van der Waals surface area contributed by atoms with Crippen LogP contribution in [0.5, 0.6) is 5.75 Å². The Labute approximate surface area is 202 Å². The topological polar surface area (TPSA) is 34.5 Å². The number of ether oxygens (including phenoxy) is 1. The Bertz CT molecular complexity index is 1200. The van der Waals surface area contributed by atoms with Gasteiger partial charge >= 0.3 is 0 Å². The Kier molecular flexibility index (Phi) is 6.74. The molecule has 7 heteroatoms. The number of benzene rings is 2. The third-order valence-electron chi connectivity index (χ3n) is 5.36. The molecule has 0 radical (unpaired) electrons. The van der Waals surface area contributed by atoms with Crippen LogP contribution < -0.4 is 4.74 Å². The number of nitrogens with zero attached hydrogens (tertiary/aromatic N) is 2. The molecule has 2 aromatic carbocycles. The molecule has 0 N–H and O–H groups in total. The van der Waals surface area contributed by atoms with Crippen LogP contribution in [0.25, 0.3) is 11.8 Å². The van der Waals surface area contributed by atoms with Gasteiger partial charge in [-0.15, -0.1) is 0 Å². The van der Waals surface area contributed by atoms with E-state index in [2.05, 4.69) is 24.5 Å². The normalized spacial score (nSPS) is 15.1. The number of hydrogen-bond donors (Lipinski definition) is 0. The number of thioether (sulfide) groups is 1. The summed E-state index contributed by atoms with van der Waals surface area (Å²) >= 11 is 12.6. The molecule has 2 heterocycles. The molecule has 0 bridgehead atoms. The molecule has 0 atom stereocenters. The van der Waals surface area contributed by atoms with Crippen molar-refractivity contribution < 1.29 is 9.53 Å². The molecule has 0 saturated carbocycles. The number of aryl methyl sites for hydroxylation is 1. The van der Waals surface area contributed by atoms with Gasteiger partial charge in [0.15, 0.2) is 0 Å². The Hall–Kier alpha value is -2.54. The van der Waals surface area contributed by atoms with Gasteiger partial charge in [-0.05, 0) is 80.4 Å². The summed E-state index contributed by atoms with van der Waals surface area (Å²) in [4.78, 5) is 14.9. The average Bonchev–Trinajstić information content (AvgIpc) is 3.21. The van der Waals surface area contributed by atoms with E-state index in [1.165, 1.54) is 11.8 Å². The maximum absolute atomic E-state index is 12.6. The van der Waals surface area contributed by atoms with Crippen LogP contribution >= 0.6 is 35.6 Å². The number of hydrogen-bond acceptors (Lipinski definition) is 4. The van der Waals surface area contributed by atoms with E-state index in [0.29, 0.717) is 27.4 Å². The largest absolute Gasteiger partial charge is 0.489 e. The zero-order valence-corrected chi connectivity index (χ0v) is 20.5. The van der Waals surface area contributed by atoms with Gasteiger partial charge in [-0.25, -0.2) is 0 Å². The number of likely N-dealkylation sites (N-methyl/N-ethyl adjacent to an activating group) is 1. The van der Waals surface area contributed by atoms with E-state index in [-0.39, 0.29) is 5.91 Å². The second-order valence-electron chi connectivity index (χ2n) is 7.50. The van der Waals surface area contributed by atoms with Gasteiger partial charge in [0.25, 0.3) is 5.91 Å². The first-order valence-corrected chi connectivity index (χ1v) is 11.9. The second kappa shape index (κ2) is 9.53. The van der Waals surface area contributed by atoms with Gasteiger partial charge in [-0.2, -0.15) is 0 Å². The molecule has 3 aromatic rings. The minimum atomic E-state index is -0.0190. The van der Waals surface area contributed by atoms with E-state index in [0.717, 1.165) is 34.0 Å². The number of amides is 1. The van der Waals surface area contributed by atoms with Crippen LogP contribution in [0.2, 0.25) is 5.02 Å². The lowest BCUT2D eigenvalue weighted by atomic mass is 10.2. The highest BCUT2D eigenvalue weighted by Crippen LogP contribution is 2.34. The Morgan fingerprint density at radius 3 is 2.41 bits per heavy atom. The Morgan fingerprint density at radius 2 is 1.78 bits per heavy atom. The molecule has 4 rings (SSSR count). The summed E-state index contributed by atoms with van der Waals surface area (Å²) in [5.41, 5.74) is 5.28. The van der Waals surface area contributed by atoms with Crippen LogP contribution in [-0.4, -0.2) is 26.2 Å². The fourth-order valence-corrected chi connectivity index (χ4v) is 5.18. The highest BCUT2D eigenvalue weighted by molar-refractivity contribution is 8.26. The molecule has 1 amide bonds. The van der Waals surface area contributed by atoms with Crippen molar-refractivity contribution in [2.45, 2.75) is 27.4 Å². The molecule has 4 nitrogen and oxygen atoms in total. The molecule has 0 unspecified atom stereocenters. The van der Waals surface area contributed by atoms with Crippen molar-refractivity contribution in [3.8, 4) is 11.4 Å². The summed E-state index contributed by atoms with van der Waals surface area (Å²) in [6.07, 6.45) is 1.94. The quantitative estimate of drug-likeness (QED) is 0.295. The first-order valence-electron chi connectivity index (χ1n) is 10.3. The van der Waals surface area contributed by atoms with E-state index < -0.39 is 0 Å². The van der Waals surface area contributed by atoms with Gasteiger partial charge in [-0.3, -0.25) is 9.69 Å². The predicted molar refractivity (Wildman–Crippen MR) is 137 cm³/mol. The van der Waals surface area contributed by atoms with Crippen LogP contribution in [0.3, 0.4) is 0 Å². The monoisotopic (exact) mass is 482 g/mol. The van der Waals surface area contributed by atoms with Gasteiger partial charge < -0.3 is 9.30 Å². The zero-order valence-electron chi connectivity index (χ0n) is 18.1. The third kappa shape index (κ3) is 4.63. The number of carbonyl (C=O) groups is 1. The summed E-state index contributed by atoms with van der Waals surface area (Å²) in [6.45, 7) is 7.13. The predicted octanol–water partition coefficient (Wildman–Crippen LogP) is 6.55. The van der Waals surface area contributed by atoms with Crippen LogP contribution in [-0.2, 0) is 11.4 Å². The summed E-state index contributed by atoms with van der Waals surface area (Å²) in [5.74, 6) is 0.782. The Morgan fingerprint density at radius 1 is 1.09 bits per heavy atom. The molecule has 1 saturated heterocycles. The van der Waals surface area contributed by atoms with Crippen molar-refractivity contribution >= 4 is 51.9 Å². The standard InChI is InChI=1S/C25H23ClN2O2S2/c1-4-27-24(29)23(32-25(27)31)14-19-13-16(2)28(17(19)3)21-9-11-22(12-10-21)30-15-18-5-7-20(26)8-6-18/h5-14H,4,15H2,1-3H3/b23-14-. The van der Waals surface area contributed by atoms with Crippen LogP contribution in [0.15, 0.2) is 59.5 Å². The summed E-state index contributed by atoms with van der Waals surface area (Å²) < 4.78 is 8.69. The van der Waals surface area contributed by atoms with Crippen molar-refractivity contribution in [3.05, 3.63) is 87.0 Å². The first kappa shape index (κ1) is 22.6. The lowest BCUT2D eigenvalue weighted by Crippen LogP contribution is -2.27. The van der Waals surface area contributed by atoms with Crippen molar-refractivity contribution in [2.75, 3.05) is 6.54 Å². The Balaban J connectivity index is 1.52. The van der Waals surface area contributed by atoms with Crippen LogP contribution in [0.4, 0.5) is 0 Å². The van der Waals surface area contributed by atoms with Gasteiger partial charge in [0.2, 0.25) is 0 Å². The molecule has 32 heavy (non-hydrogen) atoms. The lowest BCUT2D eigenvalue weighted by Gasteiger charge is -2.12. The molecular weight excluding hydrogens is 460 g/mol. The van der Waals surface area contributed by atoms with E-state index >= 15 is 0 Å². The van der Waals surface area contributed by atoms with Gasteiger partial charge in [0.1, 0.15) is 16.7 Å². The maximum Gasteiger partial charge on any atom is 0.266 e. The molecule has 1 aromatic heterocycles. The van der Waals surface area contributed by atoms with Crippen molar-refractivity contribution in [3.63, 3.8) is 0 Å². The number of halogens is 1. The maximum atomic E-state index is 12.6. The summed E-state index contributed by atoms with van der Waals surface area (Å²) in [7, 11) is 0. The van der Waals surface area contributed by atoms with E-state index in [9.17, 15) is 4.79 Å². The molecule has 1 aliphatic rings. The fraction of sp³-hybridized carbons (Fsp3) is 0.200. The van der Waals surface area contributed by atoms with Gasteiger partial charge in [0, 0.05) is 28.6 Å². The molecular formula is C25H23ClN2O2S2. The zero-order chi connectivity index (χ0) is 22.8. The van der Waals surface area contributed by atoms with Crippen LogP contribution in [0, 0.1) is 13.8 Å². The van der Waals surface area contributed by atoms with Gasteiger partial charge in [-0.1, -0.05) is 47.7 Å². The minimum Gasteiger partial charge on any atom is -0.489 e. The number of carbonyl (C=O) groups excluding carboxylic acids is 1.